The van der Waals surface area contributed by atoms with Crippen molar-refractivity contribution in [2.24, 2.45) is 5.92 Å². The van der Waals surface area contributed by atoms with Crippen LogP contribution < -0.4 is 10.2 Å². The predicted molar refractivity (Wildman–Crippen MR) is 108 cm³/mol. The maximum absolute atomic E-state index is 12.3. The Bertz CT molecular complexity index is 964. The van der Waals surface area contributed by atoms with E-state index < -0.39 is 0 Å². The molecule has 1 fully saturated rings. The van der Waals surface area contributed by atoms with Crippen LogP contribution in [0.1, 0.15) is 54.8 Å². The number of benzene rings is 1. The van der Waals surface area contributed by atoms with Crippen LogP contribution in [0, 0.1) is 5.92 Å². The van der Waals surface area contributed by atoms with E-state index in [1.165, 1.54) is 16.7 Å². The third kappa shape index (κ3) is 2.99. The topological polar surface area (TPSA) is 62.3 Å². The normalized spacial score (nSPS) is 21.1. The van der Waals surface area contributed by atoms with E-state index in [0.717, 1.165) is 55.3 Å². The molecule has 5 heteroatoms. The lowest BCUT2D eigenvalue weighted by atomic mass is 9.84. The second-order valence-corrected chi connectivity index (χ2v) is 8.28. The lowest BCUT2D eigenvalue weighted by Gasteiger charge is -2.29. The van der Waals surface area contributed by atoms with Crippen LogP contribution in [0.15, 0.2) is 30.6 Å². The van der Waals surface area contributed by atoms with Crippen molar-refractivity contribution < 1.29 is 9.59 Å². The minimum atomic E-state index is 0.0747. The number of aromatic nitrogens is 1. The van der Waals surface area contributed by atoms with E-state index in [1.807, 2.05) is 19.4 Å². The average molecular weight is 375 g/mol. The number of carbonyl (C=O) groups excluding carboxylic acids is 2. The number of nitrogens with zero attached hydrogens (tertiary/aromatic N) is 2. The maximum Gasteiger partial charge on any atom is 0.227 e. The standard InChI is InChI=1S/C23H25N3O2/c1-26-21-9-7-15(11-16(21)8-10-22(26)27)18-12-24-13-19-17(18)3-2-4-20(19)25-23(28)14-5-6-14/h7,9,11-14,20H,2-6,8,10H2,1H3,(H,25,28). The molecule has 0 spiro atoms. The molecular weight excluding hydrogens is 350 g/mol. The molecule has 2 aromatic rings. The second-order valence-electron chi connectivity index (χ2n) is 8.28. The molecule has 1 aromatic heterocycles. The molecule has 1 saturated carbocycles. The third-order valence-electron chi connectivity index (χ3n) is 6.38. The highest BCUT2D eigenvalue weighted by Crippen LogP contribution is 2.38. The summed E-state index contributed by atoms with van der Waals surface area (Å²) in [6, 6.07) is 6.43. The van der Waals surface area contributed by atoms with Gasteiger partial charge in [0, 0.05) is 43.0 Å². The molecule has 3 aliphatic rings. The summed E-state index contributed by atoms with van der Waals surface area (Å²) in [5, 5.41) is 3.25. The number of aryl methyl sites for hydroxylation is 1. The Labute approximate surface area is 165 Å². The van der Waals surface area contributed by atoms with Crippen LogP contribution in [0.5, 0.6) is 0 Å². The molecule has 2 amide bonds. The fraction of sp³-hybridized carbons (Fsp3) is 0.435. The summed E-state index contributed by atoms with van der Waals surface area (Å²) in [6.07, 6.45) is 10.3. The van der Waals surface area contributed by atoms with E-state index in [9.17, 15) is 9.59 Å². The second kappa shape index (κ2) is 6.73. The first-order valence-corrected chi connectivity index (χ1v) is 10.3. The van der Waals surface area contributed by atoms with Crippen molar-refractivity contribution in [2.45, 2.75) is 51.0 Å². The van der Waals surface area contributed by atoms with Crippen molar-refractivity contribution in [1.29, 1.82) is 0 Å². The summed E-state index contributed by atoms with van der Waals surface area (Å²) in [5.74, 6) is 0.597. The molecule has 2 heterocycles. The summed E-state index contributed by atoms with van der Waals surface area (Å²) < 4.78 is 0. The van der Waals surface area contributed by atoms with Crippen LogP contribution in [0.4, 0.5) is 5.69 Å². The Morgan fingerprint density at radius 2 is 2.00 bits per heavy atom. The molecule has 1 aromatic carbocycles. The van der Waals surface area contributed by atoms with Crippen LogP contribution in [-0.2, 0) is 22.4 Å². The van der Waals surface area contributed by atoms with Gasteiger partial charge in [0.15, 0.2) is 0 Å². The van der Waals surface area contributed by atoms with Gasteiger partial charge in [0.2, 0.25) is 11.8 Å². The minimum absolute atomic E-state index is 0.0747. The van der Waals surface area contributed by atoms with Gasteiger partial charge < -0.3 is 10.2 Å². The highest BCUT2D eigenvalue weighted by Gasteiger charge is 2.33. The zero-order valence-corrected chi connectivity index (χ0v) is 16.2. The zero-order chi connectivity index (χ0) is 19.3. The van der Waals surface area contributed by atoms with Gasteiger partial charge in [-0.05, 0) is 72.9 Å². The van der Waals surface area contributed by atoms with Crippen LogP contribution in [0.25, 0.3) is 11.1 Å². The number of nitrogens with one attached hydrogen (secondary N) is 1. The van der Waals surface area contributed by atoms with E-state index in [-0.39, 0.29) is 23.8 Å². The quantitative estimate of drug-likeness (QED) is 0.892. The van der Waals surface area contributed by atoms with E-state index in [1.54, 1.807) is 4.90 Å². The molecule has 0 bridgehead atoms. The Morgan fingerprint density at radius 1 is 1.14 bits per heavy atom. The highest BCUT2D eigenvalue weighted by atomic mass is 16.2. The lowest BCUT2D eigenvalue weighted by Crippen LogP contribution is -2.32. The van der Waals surface area contributed by atoms with Gasteiger partial charge >= 0.3 is 0 Å². The molecule has 144 valence electrons. The van der Waals surface area contributed by atoms with Crippen molar-refractivity contribution in [3.05, 3.63) is 47.3 Å². The van der Waals surface area contributed by atoms with Gasteiger partial charge in [-0.3, -0.25) is 14.6 Å². The van der Waals surface area contributed by atoms with Crippen molar-refractivity contribution >= 4 is 17.5 Å². The monoisotopic (exact) mass is 375 g/mol. The van der Waals surface area contributed by atoms with Crippen LogP contribution in [0.3, 0.4) is 0 Å². The van der Waals surface area contributed by atoms with Crippen LogP contribution >= 0.6 is 0 Å². The van der Waals surface area contributed by atoms with Crippen molar-refractivity contribution in [3.8, 4) is 11.1 Å². The molecule has 5 nitrogen and oxygen atoms in total. The molecule has 0 radical (unpaired) electrons. The number of carbonyl (C=O) groups is 2. The molecule has 1 unspecified atom stereocenters. The fourth-order valence-electron chi connectivity index (χ4n) is 4.58. The first kappa shape index (κ1) is 17.4. The predicted octanol–water partition coefficient (Wildman–Crippen LogP) is 3.56. The van der Waals surface area contributed by atoms with Gasteiger partial charge in [-0.2, -0.15) is 0 Å². The number of hydrogen-bond donors (Lipinski definition) is 1. The molecule has 1 N–H and O–H groups in total. The first-order chi connectivity index (χ1) is 13.6. The summed E-state index contributed by atoms with van der Waals surface area (Å²) in [4.78, 5) is 30.5. The van der Waals surface area contributed by atoms with E-state index in [2.05, 4.69) is 28.5 Å². The SMILES string of the molecule is CN1C(=O)CCc2cc(-c3cncc4c3CCCC4NC(=O)C3CC3)ccc21. The highest BCUT2D eigenvalue weighted by molar-refractivity contribution is 5.96. The number of hydrogen-bond acceptors (Lipinski definition) is 3. The Morgan fingerprint density at radius 3 is 2.82 bits per heavy atom. The zero-order valence-electron chi connectivity index (χ0n) is 16.2. The molecule has 1 atom stereocenters. The summed E-state index contributed by atoms with van der Waals surface area (Å²) in [6.45, 7) is 0. The van der Waals surface area contributed by atoms with Crippen molar-refractivity contribution in [1.82, 2.24) is 10.3 Å². The van der Waals surface area contributed by atoms with Gasteiger partial charge in [-0.1, -0.05) is 6.07 Å². The minimum Gasteiger partial charge on any atom is -0.349 e. The van der Waals surface area contributed by atoms with Gasteiger partial charge in [-0.15, -0.1) is 0 Å². The number of pyridine rings is 1. The summed E-state index contributed by atoms with van der Waals surface area (Å²) >= 11 is 0. The van der Waals surface area contributed by atoms with Crippen LogP contribution in [0.2, 0.25) is 0 Å². The largest absolute Gasteiger partial charge is 0.349 e. The number of fused-ring (bicyclic) bond motifs is 2. The summed E-state index contributed by atoms with van der Waals surface area (Å²) in [7, 11) is 1.85. The molecule has 5 rings (SSSR count). The number of rotatable bonds is 3. The van der Waals surface area contributed by atoms with Crippen LogP contribution in [-0.4, -0.2) is 23.8 Å². The van der Waals surface area contributed by atoms with Gasteiger partial charge in [0.05, 0.1) is 6.04 Å². The van der Waals surface area contributed by atoms with Crippen molar-refractivity contribution in [3.63, 3.8) is 0 Å². The first-order valence-electron chi connectivity index (χ1n) is 10.3. The maximum atomic E-state index is 12.3. The molecule has 28 heavy (non-hydrogen) atoms. The molecular formula is C23H25N3O2. The average Bonchev–Trinajstić information content (AvgIpc) is 3.56. The Balaban J connectivity index is 1.50. The third-order valence-corrected chi connectivity index (χ3v) is 6.38. The Kier molecular flexibility index (Phi) is 4.18. The smallest absolute Gasteiger partial charge is 0.227 e. The molecule has 0 saturated heterocycles. The fourth-order valence-corrected chi connectivity index (χ4v) is 4.58. The molecule has 1 aliphatic heterocycles. The summed E-state index contributed by atoms with van der Waals surface area (Å²) in [5.41, 5.74) is 7.01. The number of anilines is 1. The van der Waals surface area contributed by atoms with E-state index in [4.69, 9.17) is 0 Å². The Hall–Kier alpha value is -2.69. The van der Waals surface area contributed by atoms with Gasteiger partial charge in [0.25, 0.3) is 0 Å². The van der Waals surface area contributed by atoms with Gasteiger partial charge in [0.1, 0.15) is 0 Å². The lowest BCUT2D eigenvalue weighted by molar-refractivity contribution is -0.123. The number of amides is 2. The van der Waals surface area contributed by atoms with Crippen molar-refractivity contribution in [2.75, 3.05) is 11.9 Å². The van der Waals surface area contributed by atoms with E-state index >= 15 is 0 Å². The van der Waals surface area contributed by atoms with Gasteiger partial charge in [-0.25, -0.2) is 0 Å². The molecule has 2 aliphatic carbocycles. The van der Waals surface area contributed by atoms with E-state index in [0.29, 0.717) is 6.42 Å².